The molecule has 0 aliphatic rings. The zero-order valence-electron chi connectivity index (χ0n) is 11.1. The Morgan fingerprint density at radius 2 is 2.16 bits per heavy atom. The van der Waals surface area contributed by atoms with Crippen LogP contribution in [0.25, 0.3) is 0 Å². The molecule has 100 valence electrons. The molecule has 0 fully saturated rings. The second-order valence-corrected chi connectivity index (χ2v) is 4.93. The number of pyridine rings is 1. The van der Waals surface area contributed by atoms with Gasteiger partial charge >= 0.3 is 0 Å². The van der Waals surface area contributed by atoms with Gasteiger partial charge in [0.05, 0.1) is 23.0 Å². The number of nitrogens with zero attached hydrogens (tertiary/aromatic N) is 1. The summed E-state index contributed by atoms with van der Waals surface area (Å²) in [6.07, 6.45) is 3.57. The van der Waals surface area contributed by atoms with Gasteiger partial charge in [0.25, 0.3) is 0 Å². The summed E-state index contributed by atoms with van der Waals surface area (Å²) in [4.78, 5) is 4.04. The third-order valence-corrected chi connectivity index (χ3v) is 2.85. The summed E-state index contributed by atoms with van der Waals surface area (Å²) < 4.78 is 5.66. The minimum Gasteiger partial charge on any atom is -0.491 e. The molecule has 0 saturated carbocycles. The Labute approximate surface area is 118 Å². The molecule has 0 spiro atoms. The van der Waals surface area contributed by atoms with Crippen molar-refractivity contribution in [3.63, 3.8) is 0 Å². The number of hydrogen-bond acceptors (Lipinski definition) is 3. The van der Waals surface area contributed by atoms with Crippen molar-refractivity contribution < 1.29 is 4.74 Å². The molecule has 1 aromatic carbocycles. The minimum absolute atomic E-state index is 0.177. The third-order valence-electron chi connectivity index (χ3n) is 2.52. The smallest absolute Gasteiger partial charge is 0.120 e. The molecule has 0 atom stereocenters. The van der Waals surface area contributed by atoms with E-state index in [4.69, 9.17) is 16.3 Å². The van der Waals surface area contributed by atoms with Gasteiger partial charge in [0.1, 0.15) is 5.75 Å². The molecule has 0 aliphatic carbocycles. The van der Waals surface area contributed by atoms with Crippen LogP contribution in [0.1, 0.15) is 19.4 Å². The fourth-order valence-electron chi connectivity index (χ4n) is 1.71. The molecule has 4 heteroatoms. The molecule has 1 aromatic heterocycles. The van der Waals surface area contributed by atoms with Gasteiger partial charge in [0.15, 0.2) is 0 Å². The van der Waals surface area contributed by atoms with Crippen LogP contribution in [0.15, 0.2) is 42.7 Å². The maximum Gasteiger partial charge on any atom is 0.120 e. The topological polar surface area (TPSA) is 34.1 Å². The lowest BCUT2D eigenvalue weighted by molar-refractivity contribution is 0.242. The largest absolute Gasteiger partial charge is 0.491 e. The molecule has 0 saturated heterocycles. The summed E-state index contributed by atoms with van der Waals surface area (Å²) in [6.45, 7) is 4.71. The molecule has 0 amide bonds. The maximum atomic E-state index is 6.06. The van der Waals surface area contributed by atoms with Crippen LogP contribution >= 0.6 is 11.6 Å². The zero-order valence-corrected chi connectivity index (χ0v) is 11.8. The van der Waals surface area contributed by atoms with Crippen LogP contribution in [0.3, 0.4) is 0 Å². The molecule has 0 aliphatic heterocycles. The molecule has 1 N–H and O–H groups in total. The molecule has 2 aromatic rings. The van der Waals surface area contributed by atoms with Crippen molar-refractivity contribution in [3.05, 3.63) is 53.3 Å². The second kappa shape index (κ2) is 6.43. The molecular formula is C15H17ClN2O. The van der Waals surface area contributed by atoms with E-state index >= 15 is 0 Å². The summed E-state index contributed by atoms with van der Waals surface area (Å²) in [5, 5.41) is 3.93. The summed E-state index contributed by atoms with van der Waals surface area (Å²) >= 11 is 6.06. The average molecular weight is 277 g/mol. The lowest BCUT2D eigenvalue weighted by atomic mass is 10.2. The molecule has 19 heavy (non-hydrogen) atoms. The lowest BCUT2D eigenvalue weighted by Crippen LogP contribution is -2.06. The quantitative estimate of drug-likeness (QED) is 0.891. The standard InChI is InChI=1S/C15H17ClN2O/c1-11(2)19-13-5-3-4-12(8-13)9-18-15-10-17-7-6-14(15)16/h3-8,10-11,18H,9H2,1-2H3. The Balaban J connectivity index is 2.02. The molecule has 2 rings (SSSR count). The molecule has 0 radical (unpaired) electrons. The normalized spacial score (nSPS) is 10.5. The van der Waals surface area contributed by atoms with Crippen LogP contribution in [-0.4, -0.2) is 11.1 Å². The zero-order chi connectivity index (χ0) is 13.7. The third kappa shape index (κ3) is 4.14. The molecule has 0 bridgehead atoms. The first-order valence-electron chi connectivity index (χ1n) is 6.24. The van der Waals surface area contributed by atoms with Gasteiger partial charge in [-0.25, -0.2) is 0 Å². The molecular weight excluding hydrogens is 260 g/mol. The minimum atomic E-state index is 0.177. The average Bonchev–Trinajstić information content (AvgIpc) is 2.37. The van der Waals surface area contributed by atoms with Crippen LogP contribution in [-0.2, 0) is 6.54 Å². The van der Waals surface area contributed by atoms with Crippen molar-refractivity contribution in [2.75, 3.05) is 5.32 Å². The van der Waals surface area contributed by atoms with E-state index in [9.17, 15) is 0 Å². The summed E-state index contributed by atoms with van der Waals surface area (Å²) in [7, 11) is 0. The first kappa shape index (κ1) is 13.7. The SMILES string of the molecule is CC(C)Oc1cccc(CNc2cnccc2Cl)c1. The highest BCUT2D eigenvalue weighted by Gasteiger charge is 2.02. The van der Waals surface area contributed by atoms with Crippen LogP contribution in [0, 0.1) is 0 Å². The monoisotopic (exact) mass is 276 g/mol. The summed E-state index contributed by atoms with van der Waals surface area (Å²) in [6, 6.07) is 9.78. The van der Waals surface area contributed by atoms with Crippen molar-refractivity contribution in [1.29, 1.82) is 0 Å². The van der Waals surface area contributed by atoms with E-state index in [1.165, 1.54) is 0 Å². The fraction of sp³-hybridized carbons (Fsp3) is 0.267. The Morgan fingerprint density at radius 1 is 1.32 bits per heavy atom. The Kier molecular flexibility index (Phi) is 4.63. The van der Waals surface area contributed by atoms with Crippen molar-refractivity contribution in [2.45, 2.75) is 26.5 Å². The van der Waals surface area contributed by atoms with E-state index in [0.29, 0.717) is 11.6 Å². The van der Waals surface area contributed by atoms with E-state index in [0.717, 1.165) is 17.0 Å². The van der Waals surface area contributed by atoms with Crippen LogP contribution in [0.2, 0.25) is 5.02 Å². The number of rotatable bonds is 5. The number of nitrogens with one attached hydrogen (secondary N) is 1. The molecule has 3 nitrogen and oxygen atoms in total. The Bertz CT molecular complexity index is 543. The van der Waals surface area contributed by atoms with E-state index < -0.39 is 0 Å². The molecule has 0 unspecified atom stereocenters. The summed E-state index contributed by atoms with van der Waals surface area (Å²) in [5.41, 5.74) is 1.97. The van der Waals surface area contributed by atoms with E-state index in [2.05, 4.69) is 10.3 Å². The van der Waals surface area contributed by atoms with Crippen molar-refractivity contribution in [3.8, 4) is 5.75 Å². The van der Waals surface area contributed by atoms with Gasteiger partial charge in [-0.2, -0.15) is 0 Å². The van der Waals surface area contributed by atoms with E-state index in [1.54, 1.807) is 18.5 Å². The van der Waals surface area contributed by atoms with Gasteiger partial charge in [-0.15, -0.1) is 0 Å². The predicted octanol–water partition coefficient (Wildman–Crippen LogP) is 4.13. The number of ether oxygens (including phenoxy) is 1. The van der Waals surface area contributed by atoms with E-state index in [-0.39, 0.29) is 6.10 Å². The van der Waals surface area contributed by atoms with E-state index in [1.807, 2.05) is 38.1 Å². The van der Waals surface area contributed by atoms with Gasteiger partial charge in [-0.3, -0.25) is 4.98 Å². The molecule has 1 heterocycles. The van der Waals surface area contributed by atoms with Gasteiger partial charge in [-0.05, 0) is 37.6 Å². The number of aromatic nitrogens is 1. The van der Waals surface area contributed by atoms with Crippen LogP contribution in [0.4, 0.5) is 5.69 Å². The highest BCUT2D eigenvalue weighted by Crippen LogP contribution is 2.21. The van der Waals surface area contributed by atoms with Crippen molar-refractivity contribution in [2.24, 2.45) is 0 Å². The fourth-order valence-corrected chi connectivity index (χ4v) is 1.88. The Morgan fingerprint density at radius 3 is 2.89 bits per heavy atom. The van der Waals surface area contributed by atoms with Crippen molar-refractivity contribution in [1.82, 2.24) is 4.98 Å². The first-order chi connectivity index (χ1) is 9.15. The number of hydrogen-bond donors (Lipinski definition) is 1. The summed E-state index contributed by atoms with van der Waals surface area (Å²) in [5.74, 6) is 0.881. The first-order valence-corrected chi connectivity index (χ1v) is 6.62. The highest BCUT2D eigenvalue weighted by atomic mass is 35.5. The highest BCUT2D eigenvalue weighted by molar-refractivity contribution is 6.33. The van der Waals surface area contributed by atoms with Gasteiger partial charge in [-0.1, -0.05) is 23.7 Å². The predicted molar refractivity (Wildman–Crippen MR) is 78.8 cm³/mol. The Hall–Kier alpha value is -1.74. The van der Waals surface area contributed by atoms with Crippen LogP contribution in [0.5, 0.6) is 5.75 Å². The second-order valence-electron chi connectivity index (χ2n) is 4.52. The number of anilines is 1. The van der Waals surface area contributed by atoms with Crippen LogP contribution < -0.4 is 10.1 Å². The number of benzene rings is 1. The van der Waals surface area contributed by atoms with Gasteiger partial charge in [0.2, 0.25) is 0 Å². The lowest BCUT2D eigenvalue weighted by Gasteiger charge is -2.12. The van der Waals surface area contributed by atoms with Gasteiger partial charge in [0, 0.05) is 12.7 Å². The van der Waals surface area contributed by atoms with Crippen molar-refractivity contribution >= 4 is 17.3 Å². The number of halogens is 1. The van der Waals surface area contributed by atoms with Gasteiger partial charge < -0.3 is 10.1 Å². The maximum absolute atomic E-state index is 6.06.